The molecule has 12 heteroatoms. The Morgan fingerprint density at radius 1 is 1.29 bits per heavy atom. The van der Waals surface area contributed by atoms with E-state index < -0.39 is 5.97 Å². The number of nitrogens with two attached hydrogens (primary N) is 2. The van der Waals surface area contributed by atoms with Crippen molar-refractivity contribution in [1.29, 1.82) is 5.26 Å². The molecule has 1 aliphatic rings. The third-order valence-corrected chi connectivity index (χ3v) is 6.50. The van der Waals surface area contributed by atoms with Gasteiger partial charge >= 0.3 is 5.97 Å². The Morgan fingerprint density at radius 2 is 2.09 bits per heavy atom. The van der Waals surface area contributed by atoms with E-state index in [0.29, 0.717) is 55.1 Å². The topological polar surface area (TPSA) is 180 Å². The smallest absolute Gasteiger partial charge is 0.306 e. The van der Waals surface area contributed by atoms with Gasteiger partial charge in [-0.25, -0.2) is 15.0 Å². The molecule has 11 nitrogen and oxygen atoms in total. The Balaban J connectivity index is 1.44. The van der Waals surface area contributed by atoms with Gasteiger partial charge in [0.25, 0.3) is 0 Å². The maximum Gasteiger partial charge on any atom is 0.306 e. The number of nitrogens with zero attached hydrogens (tertiary/aromatic N) is 7. The number of piperidine rings is 1. The molecule has 0 unspecified atom stereocenters. The highest BCUT2D eigenvalue weighted by molar-refractivity contribution is 7.13. The fraction of sp³-hybridized carbons (Fsp3) is 0.261. The summed E-state index contributed by atoms with van der Waals surface area (Å²) in [5, 5.41) is 24.9. The number of rotatable bonds is 7. The van der Waals surface area contributed by atoms with Crippen molar-refractivity contribution >= 4 is 40.3 Å². The molecular formula is C23H23N9O2S. The molecule has 4 rings (SSSR count). The lowest BCUT2D eigenvalue weighted by Gasteiger charge is -2.29. The highest BCUT2D eigenvalue weighted by Crippen LogP contribution is 2.27. The molecule has 1 fully saturated rings. The number of nitriles is 1. The first kappa shape index (κ1) is 23.8. The molecule has 0 atom stereocenters. The van der Waals surface area contributed by atoms with E-state index in [1.165, 1.54) is 17.6 Å². The van der Waals surface area contributed by atoms with Crippen molar-refractivity contribution in [3.63, 3.8) is 0 Å². The maximum absolute atomic E-state index is 11.1. The van der Waals surface area contributed by atoms with Crippen LogP contribution < -0.4 is 16.5 Å². The van der Waals surface area contributed by atoms with Crippen molar-refractivity contribution in [1.82, 2.24) is 15.0 Å². The van der Waals surface area contributed by atoms with Crippen molar-refractivity contribution in [2.45, 2.75) is 19.4 Å². The van der Waals surface area contributed by atoms with Crippen LogP contribution in [0.1, 0.15) is 29.8 Å². The summed E-state index contributed by atoms with van der Waals surface area (Å²) in [4.78, 5) is 30.8. The monoisotopic (exact) mass is 489 g/mol. The van der Waals surface area contributed by atoms with Crippen molar-refractivity contribution in [3.8, 4) is 17.3 Å². The van der Waals surface area contributed by atoms with E-state index in [0.717, 1.165) is 16.4 Å². The van der Waals surface area contributed by atoms with Gasteiger partial charge in [0.2, 0.25) is 5.95 Å². The van der Waals surface area contributed by atoms with Gasteiger partial charge in [-0.3, -0.25) is 9.79 Å². The number of carboxylic acids is 1. The number of nitrogen functional groups attached to an aromatic ring is 1. The minimum atomic E-state index is -0.732. The Hall–Kier alpha value is -4.37. The number of carboxylic acid groups (broad SMARTS) is 1. The Morgan fingerprint density at radius 3 is 2.80 bits per heavy atom. The number of benzene rings is 1. The quantitative estimate of drug-likeness (QED) is 0.255. The first-order chi connectivity index (χ1) is 17.0. The molecule has 1 aliphatic heterocycles. The molecule has 5 N–H and O–H groups in total. The Bertz CT molecular complexity index is 1320. The number of aliphatic carboxylic acids is 1. The van der Waals surface area contributed by atoms with E-state index in [1.54, 1.807) is 24.3 Å². The summed E-state index contributed by atoms with van der Waals surface area (Å²) < 4.78 is 0. The maximum atomic E-state index is 11.1. The fourth-order valence-electron chi connectivity index (χ4n) is 3.72. The summed E-state index contributed by atoms with van der Waals surface area (Å²) in [5.74, 6) is 4.63. The van der Waals surface area contributed by atoms with E-state index in [-0.39, 0.29) is 11.9 Å². The zero-order valence-corrected chi connectivity index (χ0v) is 19.5. The van der Waals surface area contributed by atoms with Crippen LogP contribution in [0.4, 0.5) is 11.1 Å². The van der Waals surface area contributed by atoms with Crippen molar-refractivity contribution in [3.05, 3.63) is 52.7 Å². The molecule has 0 bridgehead atoms. The van der Waals surface area contributed by atoms with Gasteiger partial charge in [0.05, 0.1) is 47.4 Å². The Labute approximate surface area is 205 Å². The van der Waals surface area contributed by atoms with Gasteiger partial charge < -0.3 is 21.6 Å². The number of thiazole rings is 1. The van der Waals surface area contributed by atoms with Gasteiger partial charge in [0.15, 0.2) is 5.13 Å². The predicted molar refractivity (Wildman–Crippen MR) is 134 cm³/mol. The standard InChI is InChI=1S/C23H23N9O2S/c24-10-14-2-1-3-16(8-14)18-9-19(30-22(25)29-18)20(31-26)12-27-11-17-13-35-23(28-17)32-6-4-15(5-7-32)21(33)34/h1-3,8-9,12-13,15H,4-7,11,26H2,(H,33,34)(H2,25,29,30). The lowest BCUT2D eigenvalue weighted by atomic mass is 9.98. The number of hydrogen-bond donors (Lipinski definition) is 3. The van der Waals surface area contributed by atoms with Crippen molar-refractivity contribution in [2.75, 3.05) is 23.7 Å². The second-order valence-corrected chi connectivity index (χ2v) is 8.73. The summed E-state index contributed by atoms with van der Waals surface area (Å²) in [6.07, 6.45) is 2.74. The molecule has 0 spiro atoms. The van der Waals surface area contributed by atoms with Crippen LogP contribution in [0.2, 0.25) is 0 Å². The highest BCUT2D eigenvalue weighted by Gasteiger charge is 2.25. The highest BCUT2D eigenvalue weighted by atomic mass is 32.1. The molecule has 0 saturated carbocycles. The predicted octanol–water partition coefficient (Wildman–Crippen LogP) is 2.29. The number of aliphatic imine (C=N–C) groups is 1. The van der Waals surface area contributed by atoms with E-state index in [4.69, 9.17) is 21.9 Å². The second kappa shape index (κ2) is 10.7. The lowest BCUT2D eigenvalue weighted by molar-refractivity contribution is -0.142. The number of hydrazone groups is 1. The minimum absolute atomic E-state index is 0.0465. The van der Waals surface area contributed by atoms with Crippen molar-refractivity contribution in [2.24, 2.45) is 21.9 Å². The molecule has 35 heavy (non-hydrogen) atoms. The van der Waals surface area contributed by atoms with E-state index in [9.17, 15) is 4.79 Å². The molecule has 2 aromatic heterocycles. The van der Waals surface area contributed by atoms with E-state index in [2.05, 4.69) is 36.0 Å². The average Bonchev–Trinajstić information content (AvgIpc) is 3.35. The summed E-state index contributed by atoms with van der Waals surface area (Å²) >= 11 is 1.51. The molecule has 1 aromatic carbocycles. The number of carbonyl (C=O) groups is 1. The molecule has 178 valence electrons. The summed E-state index contributed by atoms with van der Waals surface area (Å²) in [6.45, 7) is 1.66. The van der Waals surface area contributed by atoms with Crippen LogP contribution in [0.15, 0.2) is 45.8 Å². The third kappa shape index (κ3) is 5.77. The van der Waals surface area contributed by atoms with Gasteiger partial charge in [-0.15, -0.1) is 11.3 Å². The van der Waals surface area contributed by atoms with Gasteiger partial charge in [-0.2, -0.15) is 10.4 Å². The van der Waals surface area contributed by atoms with Crippen LogP contribution in [0.5, 0.6) is 0 Å². The van der Waals surface area contributed by atoms with E-state index in [1.807, 2.05) is 11.4 Å². The SMILES string of the molecule is N#Cc1cccc(-c2cc(C(C=NCc3csc(N4CCC(C(=O)O)CC4)n3)=NN)nc(N)n2)c1. The fourth-order valence-corrected chi connectivity index (χ4v) is 4.59. The van der Waals surface area contributed by atoms with Crippen molar-refractivity contribution < 1.29 is 9.90 Å². The van der Waals surface area contributed by atoms with Gasteiger partial charge in [0, 0.05) is 24.0 Å². The lowest BCUT2D eigenvalue weighted by Crippen LogP contribution is -2.36. The molecule has 3 aromatic rings. The van der Waals surface area contributed by atoms with Gasteiger partial charge in [0.1, 0.15) is 5.71 Å². The molecule has 1 saturated heterocycles. The Kier molecular flexibility index (Phi) is 7.27. The van der Waals surface area contributed by atoms with Crippen LogP contribution in [-0.4, -0.2) is 51.0 Å². The summed E-state index contributed by atoms with van der Waals surface area (Å²) in [7, 11) is 0. The molecule has 0 amide bonds. The second-order valence-electron chi connectivity index (χ2n) is 7.89. The molecule has 3 heterocycles. The normalized spacial score (nSPS) is 14.8. The number of anilines is 2. The summed E-state index contributed by atoms with van der Waals surface area (Å²) in [5.41, 5.74) is 9.18. The van der Waals surface area contributed by atoms with Gasteiger partial charge in [-0.05, 0) is 31.0 Å². The van der Waals surface area contributed by atoms with Crippen LogP contribution in [0, 0.1) is 17.2 Å². The van der Waals surface area contributed by atoms with Crippen LogP contribution in [0.3, 0.4) is 0 Å². The zero-order valence-electron chi connectivity index (χ0n) is 18.7. The van der Waals surface area contributed by atoms with Crippen LogP contribution >= 0.6 is 11.3 Å². The first-order valence-electron chi connectivity index (χ1n) is 10.8. The first-order valence-corrected chi connectivity index (χ1v) is 11.7. The average molecular weight is 490 g/mol. The third-order valence-electron chi connectivity index (χ3n) is 5.55. The minimum Gasteiger partial charge on any atom is -0.481 e. The summed E-state index contributed by atoms with van der Waals surface area (Å²) in [6, 6.07) is 10.8. The molecule has 0 radical (unpaired) electrons. The number of hydrogen-bond acceptors (Lipinski definition) is 11. The number of aromatic nitrogens is 3. The zero-order chi connectivity index (χ0) is 24.8. The van der Waals surface area contributed by atoms with Crippen LogP contribution in [-0.2, 0) is 11.3 Å². The largest absolute Gasteiger partial charge is 0.481 e. The van der Waals surface area contributed by atoms with E-state index >= 15 is 0 Å². The molecular weight excluding hydrogens is 466 g/mol. The van der Waals surface area contributed by atoms with Crippen LogP contribution in [0.25, 0.3) is 11.3 Å². The van der Waals surface area contributed by atoms with Gasteiger partial charge in [-0.1, -0.05) is 12.1 Å². The molecule has 0 aliphatic carbocycles.